The van der Waals surface area contributed by atoms with Gasteiger partial charge in [-0.05, 0) is 96.8 Å². The fourth-order valence-electron chi connectivity index (χ4n) is 7.62. The summed E-state index contributed by atoms with van der Waals surface area (Å²) in [5, 5.41) is 5.13. The van der Waals surface area contributed by atoms with E-state index in [4.69, 9.17) is 18.8 Å². The summed E-state index contributed by atoms with van der Waals surface area (Å²) in [5.41, 5.74) is -0.255. The van der Waals surface area contributed by atoms with Crippen molar-refractivity contribution in [3.8, 4) is 0 Å². The van der Waals surface area contributed by atoms with Gasteiger partial charge in [-0.25, -0.2) is 0 Å². The SMILES string of the molecule is FC(F)(F)C(F)(F)C(F)(F)C(F)(F)C(F)(F)C(F)(F)CCc1ccc([PH+](c2ccccc2)c2ccccc2)cc1.FC(F)(F)C(F)(F)C(F)(F)C(F)(F)C(F)(F)C(F)(F)CCc1ccc([PH+](c2ccccc2)c2ccccc2)cc1.[Cl][Pt][Cl]. The first-order chi connectivity index (χ1) is 38.0. The van der Waals surface area contributed by atoms with Gasteiger partial charge in [0.2, 0.25) is 0 Å². The van der Waals surface area contributed by atoms with Crippen LogP contribution in [0.1, 0.15) is 24.0 Å². The van der Waals surface area contributed by atoms with Gasteiger partial charge in [0.1, 0.15) is 31.8 Å². The Morgan fingerprint density at radius 2 is 0.434 bits per heavy atom. The van der Waals surface area contributed by atoms with Crippen LogP contribution >= 0.6 is 34.7 Å². The van der Waals surface area contributed by atoms with Crippen molar-refractivity contribution in [2.24, 2.45) is 0 Å². The van der Waals surface area contributed by atoms with E-state index < -0.39 is 130 Å². The van der Waals surface area contributed by atoms with E-state index in [-0.39, 0.29) is 11.1 Å². The van der Waals surface area contributed by atoms with Crippen LogP contribution < -0.4 is 31.8 Å². The minimum atomic E-state index is -7.89. The summed E-state index contributed by atoms with van der Waals surface area (Å²) >= 11 is -0.472. The van der Waals surface area contributed by atoms with Gasteiger partial charge in [0.05, 0.1) is 15.8 Å². The van der Waals surface area contributed by atoms with Crippen LogP contribution in [0.15, 0.2) is 170 Å². The summed E-state index contributed by atoms with van der Waals surface area (Å²) in [6.45, 7) is 0. The molecule has 6 aromatic carbocycles. The standard InChI is InChI=1S/2C26H18F13P.2ClH.Pt/c2*27-21(28,22(29,30)23(31,32)24(33,34)25(35,36)26(37,38)39)16-15-17-11-13-20(14-12-17)40(18-7-3-1-4-8-18)19-9-5-2-6-10-19;;;/h2*1-14H,15-16H2;2*1H;/q;;;;+2. The Balaban J connectivity index is 0.000000340. The van der Waals surface area contributed by atoms with Crippen LogP contribution in [0.5, 0.6) is 0 Å². The summed E-state index contributed by atoms with van der Waals surface area (Å²) < 4.78 is 347. The molecule has 0 aliphatic heterocycles. The van der Waals surface area contributed by atoms with E-state index in [9.17, 15) is 114 Å². The van der Waals surface area contributed by atoms with Crippen LogP contribution in [0.4, 0.5) is 114 Å². The summed E-state index contributed by atoms with van der Waals surface area (Å²) in [6, 6.07) is 47.1. The first-order valence-corrected chi connectivity index (χ1v) is 31.5. The second-order valence-electron chi connectivity index (χ2n) is 17.7. The molecule has 0 unspecified atom stereocenters. The van der Waals surface area contributed by atoms with E-state index in [0.29, 0.717) is 10.6 Å². The van der Waals surface area contributed by atoms with Gasteiger partial charge < -0.3 is 0 Å². The average molecular weight is 1480 g/mol. The van der Waals surface area contributed by atoms with Crippen LogP contribution in [0.2, 0.25) is 0 Å². The minimum absolute atomic E-state index is 0.127. The third-order valence-electron chi connectivity index (χ3n) is 12.2. The van der Waals surface area contributed by atoms with Gasteiger partial charge >= 0.3 is 107 Å². The molecule has 0 fully saturated rings. The molecule has 0 amide bonds. The fourth-order valence-corrected chi connectivity index (χ4v) is 12.7. The molecule has 0 radical (unpaired) electrons. The molecule has 83 heavy (non-hydrogen) atoms. The van der Waals surface area contributed by atoms with Crippen molar-refractivity contribution in [1.82, 2.24) is 0 Å². The van der Waals surface area contributed by atoms with Crippen molar-refractivity contribution in [2.45, 2.75) is 97.3 Å². The number of hydrogen-bond acceptors (Lipinski definition) is 0. The van der Waals surface area contributed by atoms with Crippen molar-refractivity contribution in [3.63, 3.8) is 0 Å². The van der Waals surface area contributed by atoms with Gasteiger partial charge in [0, 0.05) is 12.8 Å². The van der Waals surface area contributed by atoms with E-state index >= 15 is 0 Å². The molecular weight excluding hydrogens is 1450 g/mol. The first-order valence-electron chi connectivity index (χ1n) is 22.9. The Morgan fingerprint density at radius 1 is 0.253 bits per heavy atom. The Bertz CT molecular complexity index is 2670. The predicted molar refractivity (Wildman–Crippen MR) is 263 cm³/mol. The molecule has 0 aliphatic rings. The maximum absolute atomic E-state index is 14.2. The molecule has 0 nitrogen and oxygen atoms in total. The topological polar surface area (TPSA) is 0 Å². The number of hydrogen-bond donors (Lipinski definition) is 0. The van der Waals surface area contributed by atoms with E-state index in [2.05, 4.69) is 0 Å². The molecular formula is C52H38Cl2F26P2Pt+2. The van der Waals surface area contributed by atoms with Crippen molar-refractivity contribution in [2.75, 3.05) is 0 Å². The van der Waals surface area contributed by atoms with E-state index in [1.807, 2.05) is 48.5 Å². The summed E-state index contributed by atoms with van der Waals surface area (Å²) in [4.78, 5) is 0. The zero-order chi connectivity index (χ0) is 63.1. The van der Waals surface area contributed by atoms with E-state index in [1.165, 1.54) is 48.5 Å². The molecule has 0 saturated carbocycles. The number of rotatable bonds is 20. The van der Waals surface area contributed by atoms with Crippen molar-refractivity contribution >= 4 is 66.5 Å². The molecule has 0 N–H and O–H groups in total. The Labute approximate surface area is 473 Å². The molecule has 0 saturated heterocycles. The molecule has 0 spiro atoms. The fraction of sp³-hybridized carbons (Fsp3) is 0.308. The van der Waals surface area contributed by atoms with E-state index in [0.717, 1.165) is 21.2 Å². The van der Waals surface area contributed by atoms with Crippen LogP contribution in [-0.4, -0.2) is 71.6 Å². The average Bonchev–Trinajstić information content (AvgIpc) is 3.53. The molecule has 31 heteroatoms. The van der Waals surface area contributed by atoms with Crippen molar-refractivity contribution < 1.29 is 131 Å². The second-order valence-corrected chi connectivity index (χ2v) is 25.9. The monoisotopic (exact) mass is 1480 g/mol. The van der Waals surface area contributed by atoms with Crippen LogP contribution in [-0.2, 0) is 29.3 Å². The zero-order valence-electron chi connectivity index (χ0n) is 40.9. The molecule has 460 valence electrons. The summed E-state index contributed by atoms with van der Waals surface area (Å²) in [5.74, 6) is -73.5. The van der Waals surface area contributed by atoms with Gasteiger partial charge in [-0.3, -0.25) is 0 Å². The first kappa shape index (κ1) is 71.1. The van der Waals surface area contributed by atoms with Gasteiger partial charge in [-0.15, -0.1) is 0 Å². The second kappa shape index (κ2) is 26.7. The van der Waals surface area contributed by atoms with Gasteiger partial charge in [-0.1, -0.05) is 97.1 Å². The Hall–Kier alpha value is -4.37. The Morgan fingerprint density at radius 3 is 0.627 bits per heavy atom. The molecule has 0 heterocycles. The maximum atomic E-state index is 14.2. The van der Waals surface area contributed by atoms with E-state index in [1.54, 1.807) is 72.8 Å². The normalized spacial score (nSPS) is 13.8. The van der Waals surface area contributed by atoms with Crippen molar-refractivity contribution in [1.29, 1.82) is 0 Å². The number of benzene rings is 6. The Kier molecular flexibility index (Phi) is 22.9. The predicted octanol–water partition coefficient (Wildman–Crippen LogP) is 17.1. The zero-order valence-corrected chi connectivity index (χ0v) is 46.7. The van der Waals surface area contributed by atoms with Gasteiger partial charge in [0.15, 0.2) is 0 Å². The van der Waals surface area contributed by atoms with Crippen LogP contribution in [0, 0.1) is 0 Å². The molecule has 0 bridgehead atoms. The van der Waals surface area contributed by atoms with Crippen LogP contribution in [0.3, 0.4) is 0 Å². The summed E-state index contributed by atoms with van der Waals surface area (Å²) in [7, 11) is 6.48. The number of alkyl halides is 26. The third kappa shape index (κ3) is 14.7. The number of aryl methyl sites for hydroxylation is 2. The van der Waals surface area contributed by atoms with Gasteiger partial charge in [0.25, 0.3) is 0 Å². The van der Waals surface area contributed by atoms with Crippen LogP contribution in [0.25, 0.3) is 0 Å². The number of halogens is 28. The quantitative estimate of drug-likeness (QED) is 0.0528. The summed E-state index contributed by atoms with van der Waals surface area (Å²) in [6.07, 6.45) is -21.6. The van der Waals surface area contributed by atoms with Crippen molar-refractivity contribution in [3.05, 3.63) is 181 Å². The van der Waals surface area contributed by atoms with Gasteiger partial charge in [-0.2, -0.15) is 114 Å². The molecule has 6 aromatic rings. The molecule has 0 aliphatic carbocycles. The molecule has 0 atom stereocenters. The molecule has 0 aromatic heterocycles. The molecule has 6 rings (SSSR count). The third-order valence-corrected chi connectivity index (χ3v) is 17.7.